The van der Waals surface area contributed by atoms with Gasteiger partial charge in [-0.1, -0.05) is 18.2 Å². The lowest BCUT2D eigenvalue weighted by molar-refractivity contribution is 0.0699. The van der Waals surface area contributed by atoms with Crippen molar-refractivity contribution in [2.24, 2.45) is 0 Å². The van der Waals surface area contributed by atoms with Crippen molar-refractivity contribution in [1.82, 2.24) is 4.57 Å². The molecule has 0 aliphatic heterocycles. The standard InChI is InChI=1S/C14H18N4O2/c1-15-11-10(14(19)20)12(16-2)18(13(11)17-3)9-7-5-4-6-8-9/h4-8,15-17H,1-3H3,(H,19,20). The van der Waals surface area contributed by atoms with Crippen molar-refractivity contribution in [2.75, 3.05) is 37.1 Å². The van der Waals surface area contributed by atoms with Crippen LogP contribution in [0.1, 0.15) is 10.4 Å². The van der Waals surface area contributed by atoms with Gasteiger partial charge in [0.05, 0.1) is 5.69 Å². The van der Waals surface area contributed by atoms with Crippen LogP contribution >= 0.6 is 0 Å². The van der Waals surface area contributed by atoms with Gasteiger partial charge in [-0.05, 0) is 12.1 Å². The number of carboxylic acids is 1. The lowest BCUT2D eigenvalue weighted by atomic mass is 10.2. The summed E-state index contributed by atoms with van der Waals surface area (Å²) in [6.45, 7) is 0. The number of hydrogen-bond acceptors (Lipinski definition) is 4. The largest absolute Gasteiger partial charge is 0.477 e. The molecule has 0 saturated heterocycles. The van der Waals surface area contributed by atoms with Crippen LogP contribution < -0.4 is 16.0 Å². The monoisotopic (exact) mass is 274 g/mol. The Hall–Kier alpha value is -2.63. The molecule has 1 aromatic heterocycles. The molecule has 0 saturated carbocycles. The van der Waals surface area contributed by atoms with Gasteiger partial charge in [-0.2, -0.15) is 0 Å². The molecule has 0 spiro atoms. The molecule has 106 valence electrons. The van der Waals surface area contributed by atoms with E-state index in [4.69, 9.17) is 0 Å². The second-order valence-electron chi connectivity index (χ2n) is 4.17. The average Bonchev–Trinajstić information content (AvgIpc) is 2.81. The Morgan fingerprint density at radius 3 is 2.05 bits per heavy atom. The molecule has 6 heteroatoms. The van der Waals surface area contributed by atoms with E-state index in [1.165, 1.54) is 0 Å². The zero-order valence-corrected chi connectivity index (χ0v) is 11.7. The van der Waals surface area contributed by atoms with Gasteiger partial charge >= 0.3 is 5.97 Å². The van der Waals surface area contributed by atoms with Crippen molar-refractivity contribution in [1.29, 1.82) is 0 Å². The SMILES string of the molecule is CNc1c(C(=O)O)c(NC)n(-c2ccccc2)c1NC. The number of rotatable bonds is 5. The lowest BCUT2D eigenvalue weighted by Gasteiger charge is -2.13. The van der Waals surface area contributed by atoms with Crippen molar-refractivity contribution in [3.8, 4) is 5.69 Å². The van der Waals surface area contributed by atoms with Crippen molar-refractivity contribution in [3.63, 3.8) is 0 Å². The number of nitrogens with one attached hydrogen (secondary N) is 3. The Morgan fingerprint density at radius 2 is 1.60 bits per heavy atom. The minimum Gasteiger partial charge on any atom is -0.477 e. The molecule has 2 aromatic rings. The first-order valence-electron chi connectivity index (χ1n) is 6.26. The Kier molecular flexibility index (Phi) is 3.84. The highest BCUT2D eigenvalue weighted by Crippen LogP contribution is 2.38. The fraction of sp³-hybridized carbons (Fsp3) is 0.214. The maximum Gasteiger partial charge on any atom is 0.341 e. The molecule has 0 radical (unpaired) electrons. The van der Waals surface area contributed by atoms with Gasteiger partial charge in [-0.15, -0.1) is 0 Å². The van der Waals surface area contributed by atoms with Crippen molar-refractivity contribution in [3.05, 3.63) is 35.9 Å². The lowest BCUT2D eigenvalue weighted by Crippen LogP contribution is -2.06. The molecular formula is C14H18N4O2. The molecular weight excluding hydrogens is 256 g/mol. The summed E-state index contributed by atoms with van der Waals surface area (Å²) in [7, 11) is 5.18. The summed E-state index contributed by atoms with van der Waals surface area (Å²) in [5.41, 5.74) is 1.64. The summed E-state index contributed by atoms with van der Waals surface area (Å²) in [5, 5.41) is 18.5. The first-order chi connectivity index (χ1) is 9.65. The molecule has 0 bridgehead atoms. The second-order valence-corrected chi connectivity index (χ2v) is 4.17. The van der Waals surface area contributed by atoms with Gasteiger partial charge in [-0.3, -0.25) is 4.57 Å². The highest BCUT2D eigenvalue weighted by Gasteiger charge is 2.26. The summed E-state index contributed by atoms with van der Waals surface area (Å²) in [5.74, 6) is 0.239. The van der Waals surface area contributed by atoms with Crippen LogP contribution in [-0.4, -0.2) is 36.8 Å². The van der Waals surface area contributed by atoms with Crippen molar-refractivity contribution in [2.45, 2.75) is 0 Å². The predicted molar refractivity (Wildman–Crippen MR) is 81.4 cm³/mol. The number of para-hydroxylation sites is 1. The highest BCUT2D eigenvalue weighted by atomic mass is 16.4. The van der Waals surface area contributed by atoms with Gasteiger partial charge in [0.2, 0.25) is 0 Å². The topological polar surface area (TPSA) is 78.3 Å². The van der Waals surface area contributed by atoms with E-state index >= 15 is 0 Å². The van der Waals surface area contributed by atoms with Crippen molar-refractivity contribution < 1.29 is 9.90 Å². The molecule has 0 aliphatic carbocycles. The van der Waals surface area contributed by atoms with E-state index in [-0.39, 0.29) is 5.56 Å². The smallest absolute Gasteiger partial charge is 0.341 e. The molecule has 0 amide bonds. The average molecular weight is 274 g/mol. The Labute approximate surface area is 117 Å². The van der Waals surface area contributed by atoms with Gasteiger partial charge in [0.1, 0.15) is 17.2 Å². The van der Waals surface area contributed by atoms with Crippen LogP contribution in [0.15, 0.2) is 30.3 Å². The third kappa shape index (κ3) is 2.05. The summed E-state index contributed by atoms with van der Waals surface area (Å²) >= 11 is 0. The molecule has 0 unspecified atom stereocenters. The minimum atomic E-state index is -0.982. The third-order valence-electron chi connectivity index (χ3n) is 3.12. The number of nitrogens with zero attached hydrogens (tertiary/aromatic N) is 1. The van der Waals surface area contributed by atoms with Gasteiger partial charge in [0.25, 0.3) is 0 Å². The summed E-state index contributed by atoms with van der Waals surface area (Å²) in [4.78, 5) is 11.6. The van der Waals surface area contributed by atoms with Gasteiger partial charge in [0, 0.05) is 26.8 Å². The highest BCUT2D eigenvalue weighted by molar-refractivity contribution is 6.04. The van der Waals surface area contributed by atoms with Crippen LogP contribution in [0.2, 0.25) is 0 Å². The minimum absolute atomic E-state index is 0.211. The fourth-order valence-electron chi connectivity index (χ4n) is 2.33. The quantitative estimate of drug-likeness (QED) is 0.673. The zero-order chi connectivity index (χ0) is 14.7. The van der Waals surface area contributed by atoms with E-state index in [0.717, 1.165) is 5.69 Å². The molecule has 2 rings (SSSR count). The normalized spacial score (nSPS) is 10.2. The number of hydrogen-bond donors (Lipinski definition) is 4. The van der Waals surface area contributed by atoms with Crippen LogP contribution in [0.25, 0.3) is 5.69 Å². The van der Waals surface area contributed by atoms with Crippen LogP contribution in [0, 0.1) is 0 Å². The van der Waals surface area contributed by atoms with E-state index in [2.05, 4.69) is 16.0 Å². The van der Waals surface area contributed by atoms with Crippen molar-refractivity contribution >= 4 is 23.3 Å². The third-order valence-corrected chi connectivity index (χ3v) is 3.12. The molecule has 1 heterocycles. The van der Waals surface area contributed by atoms with Crippen LogP contribution in [0.4, 0.5) is 17.3 Å². The first-order valence-corrected chi connectivity index (χ1v) is 6.26. The number of benzene rings is 1. The molecule has 6 nitrogen and oxygen atoms in total. The summed E-state index contributed by atoms with van der Waals surface area (Å²) in [6.07, 6.45) is 0. The first kappa shape index (κ1) is 13.8. The number of anilines is 3. The van der Waals surface area contributed by atoms with E-state index in [1.54, 1.807) is 21.1 Å². The number of carboxylic acid groups (broad SMARTS) is 1. The van der Waals surface area contributed by atoms with Crippen LogP contribution in [0.3, 0.4) is 0 Å². The zero-order valence-electron chi connectivity index (χ0n) is 11.7. The van der Waals surface area contributed by atoms with Crippen LogP contribution in [0.5, 0.6) is 0 Å². The molecule has 0 atom stereocenters. The predicted octanol–water partition coefficient (Wildman–Crippen LogP) is 2.30. The maximum atomic E-state index is 11.6. The fourth-order valence-corrected chi connectivity index (χ4v) is 2.33. The van der Waals surface area contributed by atoms with Gasteiger partial charge < -0.3 is 21.1 Å². The Balaban J connectivity index is 2.82. The molecule has 0 aliphatic rings. The van der Waals surface area contributed by atoms with Gasteiger partial charge in [0.15, 0.2) is 0 Å². The van der Waals surface area contributed by atoms with E-state index in [1.807, 2.05) is 34.9 Å². The van der Waals surface area contributed by atoms with E-state index < -0.39 is 5.97 Å². The van der Waals surface area contributed by atoms with Gasteiger partial charge in [-0.25, -0.2) is 4.79 Å². The number of aromatic carboxylic acids is 1. The molecule has 20 heavy (non-hydrogen) atoms. The summed E-state index contributed by atoms with van der Waals surface area (Å²) in [6, 6.07) is 9.59. The van der Waals surface area contributed by atoms with E-state index in [9.17, 15) is 9.90 Å². The van der Waals surface area contributed by atoms with E-state index in [0.29, 0.717) is 17.3 Å². The number of carbonyl (C=O) groups is 1. The molecule has 1 aromatic carbocycles. The second kappa shape index (κ2) is 5.56. The Morgan fingerprint density at radius 1 is 1.00 bits per heavy atom. The molecule has 0 fully saturated rings. The number of aromatic nitrogens is 1. The Bertz CT molecular complexity index is 620. The van der Waals surface area contributed by atoms with Crippen LogP contribution in [-0.2, 0) is 0 Å². The maximum absolute atomic E-state index is 11.6. The summed E-state index contributed by atoms with van der Waals surface area (Å²) < 4.78 is 1.84. The molecule has 4 N–H and O–H groups in total.